The lowest BCUT2D eigenvalue weighted by Gasteiger charge is -2.29. The van der Waals surface area contributed by atoms with Crippen molar-refractivity contribution >= 4 is 10.2 Å². The van der Waals surface area contributed by atoms with Crippen LogP contribution >= 0.6 is 0 Å². The number of nitrogens with one attached hydrogen (secondary N) is 1. The highest BCUT2D eigenvalue weighted by molar-refractivity contribution is 7.87. The molecule has 1 fully saturated rings. The first-order valence-corrected chi connectivity index (χ1v) is 7.25. The van der Waals surface area contributed by atoms with Gasteiger partial charge in [0.15, 0.2) is 0 Å². The normalized spacial score (nSPS) is 19.5. The monoisotopic (exact) mass is 236 g/mol. The summed E-state index contributed by atoms with van der Waals surface area (Å²) in [6.07, 6.45) is 1.95. The van der Waals surface area contributed by atoms with Crippen molar-refractivity contribution in [2.45, 2.75) is 40.5 Å². The minimum absolute atomic E-state index is 0.467. The van der Waals surface area contributed by atoms with Crippen LogP contribution in [-0.2, 0) is 10.2 Å². The Labute approximate surface area is 94.2 Å². The second-order valence-electron chi connectivity index (χ2n) is 3.58. The van der Waals surface area contributed by atoms with Crippen molar-refractivity contribution in [3.8, 4) is 0 Å². The van der Waals surface area contributed by atoms with Crippen molar-refractivity contribution in [1.29, 1.82) is 0 Å². The molecule has 0 aliphatic carbocycles. The summed E-state index contributed by atoms with van der Waals surface area (Å²) in [7, 11) is -3.17. The van der Waals surface area contributed by atoms with E-state index >= 15 is 0 Å². The van der Waals surface area contributed by atoms with Gasteiger partial charge < -0.3 is 0 Å². The van der Waals surface area contributed by atoms with Crippen LogP contribution in [0.5, 0.6) is 0 Å². The number of piperidine rings is 1. The number of rotatable bonds is 3. The highest BCUT2D eigenvalue weighted by Crippen LogP contribution is 2.17. The maximum atomic E-state index is 11.5. The molecule has 0 aromatic heterocycles. The van der Waals surface area contributed by atoms with Gasteiger partial charge in [0.05, 0.1) is 0 Å². The van der Waals surface area contributed by atoms with Crippen LogP contribution in [0.25, 0.3) is 0 Å². The maximum absolute atomic E-state index is 11.5. The Kier molecular flexibility index (Phi) is 7.13. The summed E-state index contributed by atoms with van der Waals surface area (Å²) < 4.78 is 27.1. The van der Waals surface area contributed by atoms with E-state index in [0.717, 1.165) is 12.8 Å². The third kappa shape index (κ3) is 4.95. The molecule has 1 N–H and O–H groups in total. The van der Waals surface area contributed by atoms with Crippen molar-refractivity contribution in [3.05, 3.63) is 0 Å². The van der Waals surface area contributed by atoms with Gasteiger partial charge in [0.1, 0.15) is 0 Å². The van der Waals surface area contributed by atoms with Gasteiger partial charge in [-0.2, -0.15) is 12.7 Å². The van der Waals surface area contributed by atoms with Crippen LogP contribution in [0.3, 0.4) is 0 Å². The third-order valence-electron chi connectivity index (χ3n) is 2.41. The summed E-state index contributed by atoms with van der Waals surface area (Å²) in [5.74, 6) is 0.660. The first-order valence-electron chi connectivity index (χ1n) is 5.81. The summed E-state index contributed by atoms with van der Waals surface area (Å²) in [6.45, 7) is 9.75. The number of nitrogens with zero attached hydrogens (tertiary/aromatic N) is 1. The molecule has 1 saturated heterocycles. The average molecular weight is 236 g/mol. The Morgan fingerprint density at radius 1 is 1.27 bits per heavy atom. The Morgan fingerprint density at radius 3 is 2.13 bits per heavy atom. The Morgan fingerprint density at radius 2 is 1.73 bits per heavy atom. The van der Waals surface area contributed by atoms with Gasteiger partial charge in [-0.05, 0) is 18.8 Å². The molecule has 15 heavy (non-hydrogen) atoms. The second kappa shape index (κ2) is 7.19. The molecule has 0 spiro atoms. The Hall–Kier alpha value is -0.130. The zero-order valence-corrected chi connectivity index (χ0v) is 11.1. The van der Waals surface area contributed by atoms with Gasteiger partial charge >= 0.3 is 0 Å². The zero-order chi connectivity index (χ0) is 11.9. The van der Waals surface area contributed by atoms with E-state index in [4.69, 9.17) is 0 Å². The molecule has 0 aromatic carbocycles. The zero-order valence-electron chi connectivity index (χ0n) is 10.3. The molecule has 1 heterocycles. The minimum Gasteiger partial charge on any atom is -0.202 e. The predicted octanol–water partition coefficient (Wildman–Crippen LogP) is 1.60. The number of hydrogen-bond donors (Lipinski definition) is 1. The SMILES string of the molecule is CC.CCNS(=O)(=O)N1CCC(C)CC1. The van der Waals surface area contributed by atoms with Gasteiger partial charge in [0.25, 0.3) is 10.2 Å². The van der Waals surface area contributed by atoms with E-state index in [1.807, 2.05) is 13.8 Å². The van der Waals surface area contributed by atoms with Crippen molar-refractivity contribution in [2.75, 3.05) is 19.6 Å². The minimum atomic E-state index is -3.17. The van der Waals surface area contributed by atoms with Gasteiger partial charge in [-0.15, -0.1) is 0 Å². The van der Waals surface area contributed by atoms with E-state index in [-0.39, 0.29) is 0 Å². The van der Waals surface area contributed by atoms with Crippen molar-refractivity contribution in [3.63, 3.8) is 0 Å². The molecular formula is C10H24N2O2S. The molecule has 4 nitrogen and oxygen atoms in total. The summed E-state index contributed by atoms with van der Waals surface area (Å²) in [5.41, 5.74) is 0. The largest absolute Gasteiger partial charge is 0.279 e. The molecule has 0 radical (unpaired) electrons. The molecule has 1 rings (SSSR count). The highest BCUT2D eigenvalue weighted by atomic mass is 32.2. The first kappa shape index (κ1) is 14.9. The van der Waals surface area contributed by atoms with Gasteiger partial charge in [0.2, 0.25) is 0 Å². The Balaban J connectivity index is 0.000000921. The van der Waals surface area contributed by atoms with Crippen LogP contribution in [0.15, 0.2) is 0 Å². The summed E-state index contributed by atoms with van der Waals surface area (Å²) in [4.78, 5) is 0. The average Bonchev–Trinajstić information content (AvgIpc) is 2.21. The fraction of sp³-hybridized carbons (Fsp3) is 1.00. The van der Waals surface area contributed by atoms with Crippen LogP contribution in [0.2, 0.25) is 0 Å². The first-order chi connectivity index (χ1) is 7.06. The van der Waals surface area contributed by atoms with Crippen LogP contribution in [0.1, 0.15) is 40.5 Å². The van der Waals surface area contributed by atoms with E-state index in [2.05, 4.69) is 11.6 Å². The number of hydrogen-bond acceptors (Lipinski definition) is 2. The van der Waals surface area contributed by atoms with Crippen LogP contribution in [-0.4, -0.2) is 32.4 Å². The van der Waals surface area contributed by atoms with E-state index in [1.54, 1.807) is 6.92 Å². The second-order valence-corrected chi connectivity index (χ2v) is 5.34. The fourth-order valence-corrected chi connectivity index (χ4v) is 2.74. The summed E-state index contributed by atoms with van der Waals surface area (Å²) >= 11 is 0. The molecule has 0 amide bonds. The Bertz CT molecular complexity index is 244. The topological polar surface area (TPSA) is 49.4 Å². The molecule has 1 aliphatic heterocycles. The van der Waals surface area contributed by atoms with Gasteiger partial charge in [0, 0.05) is 19.6 Å². The predicted molar refractivity (Wildman–Crippen MR) is 63.9 cm³/mol. The van der Waals surface area contributed by atoms with Crippen molar-refractivity contribution < 1.29 is 8.42 Å². The molecule has 1 aliphatic rings. The highest BCUT2D eigenvalue weighted by Gasteiger charge is 2.25. The standard InChI is InChI=1S/C8H18N2O2S.C2H6/c1-3-9-13(11,12)10-6-4-8(2)5-7-10;1-2/h8-9H,3-7H2,1-2H3;1-2H3. The maximum Gasteiger partial charge on any atom is 0.279 e. The molecule has 5 heteroatoms. The van der Waals surface area contributed by atoms with E-state index in [0.29, 0.717) is 25.6 Å². The van der Waals surface area contributed by atoms with Crippen LogP contribution in [0.4, 0.5) is 0 Å². The molecule has 0 unspecified atom stereocenters. The van der Waals surface area contributed by atoms with E-state index in [9.17, 15) is 8.42 Å². The molecule has 0 aromatic rings. The van der Waals surface area contributed by atoms with Crippen molar-refractivity contribution in [2.24, 2.45) is 5.92 Å². The van der Waals surface area contributed by atoms with Gasteiger partial charge in [-0.1, -0.05) is 27.7 Å². The van der Waals surface area contributed by atoms with Gasteiger partial charge in [-0.3, -0.25) is 0 Å². The third-order valence-corrected chi connectivity index (χ3v) is 4.11. The van der Waals surface area contributed by atoms with Crippen LogP contribution in [0, 0.1) is 5.92 Å². The van der Waals surface area contributed by atoms with Gasteiger partial charge in [-0.25, -0.2) is 4.72 Å². The molecular weight excluding hydrogens is 212 g/mol. The quantitative estimate of drug-likeness (QED) is 0.809. The summed E-state index contributed by atoms with van der Waals surface area (Å²) in [6, 6.07) is 0. The van der Waals surface area contributed by atoms with Crippen molar-refractivity contribution in [1.82, 2.24) is 9.03 Å². The molecule has 0 bridgehead atoms. The lowest BCUT2D eigenvalue weighted by atomic mass is 10.0. The molecule has 0 atom stereocenters. The van der Waals surface area contributed by atoms with E-state index < -0.39 is 10.2 Å². The van der Waals surface area contributed by atoms with Crippen LogP contribution < -0.4 is 4.72 Å². The fourth-order valence-electron chi connectivity index (χ4n) is 1.50. The lowest BCUT2D eigenvalue weighted by Crippen LogP contribution is -2.44. The lowest BCUT2D eigenvalue weighted by molar-refractivity contribution is 0.285. The van der Waals surface area contributed by atoms with E-state index in [1.165, 1.54) is 4.31 Å². The summed E-state index contributed by atoms with van der Waals surface area (Å²) in [5, 5.41) is 0. The smallest absolute Gasteiger partial charge is 0.202 e. The molecule has 0 saturated carbocycles. The molecule has 92 valence electrons.